The number of rotatable bonds is 2. The molecule has 1 saturated heterocycles. The van der Waals surface area contributed by atoms with Crippen LogP contribution in [-0.2, 0) is 23.2 Å². The smallest absolute Gasteiger partial charge is 0.347 e. The third-order valence-corrected chi connectivity index (χ3v) is 8.64. The molecule has 0 radical (unpaired) electrons. The van der Waals surface area contributed by atoms with Crippen molar-refractivity contribution in [2.45, 2.75) is 34.7 Å². The Balaban J connectivity index is 1.84. The quantitative estimate of drug-likeness (QED) is 0.267. The molecule has 5 rings (SSSR count). The minimum atomic E-state index is -1.94. The van der Waals surface area contributed by atoms with Crippen LogP contribution < -0.4 is 11.4 Å². The van der Waals surface area contributed by atoms with E-state index < -0.39 is 44.9 Å². The number of carbonyl (C=O) groups is 2. The van der Waals surface area contributed by atoms with E-state index in [0.717, 1.165) is 9.47 Å². The lowest BCUT2D eigenvalue weighted by Gasteiger charge is -2.49. The second-order valence-electron chi connectivity index (χ2n) is 8.14. The van der Waals surface area contributed by atoms with E-state index in [1.807, 2.05) is 0 Å². The number of nitrogens with zero attached hydrogens (tertiary/aromatic N) is 4. The van der Waals surface area contributed by atoms with Gasteiger partial charge in [-0.15, -0.1) is 23.2 Å². The van der Waals surface area contributed by atoms with Crippen molar-refractivity contribution >= 4 is 50.9 Å². The van der Waals surface area contributed by atoms with Crippen molar-refractivity contribution in [3.8, 4) is 5.75 Å². The van der Waals surface area contributed by atoms with Gasteiger partial charge in [0.1, 0.15) is 5.75 Å². The lowest BCUT2D eigenvalue weighted by atomic mass is 9.64. The highest BCUT2D eigenvalue weighted by Gasteiger charge is 2.75. The van der Waals surface area contributed by atoms with Crippen LogP contribution in [0.4, 0.5) is 0 Å². The Kier molecular flexibility index (Phi) is 4.61. The third-order valence-electron chi connectivity index (χ3n) is 6.72. The first kappa shape index (κ1) is 21.5. The highest BCUT2D eigenvalue weighted by atomic mass is 79.9. The molecule has 168 valence electrons. The number of likely N-dealkylation sites (tertiary alicyclic amines) is 1. The number of alkyl halides is 3. The monoisotopic (exact) mass is 542 g/mol. The molecule has 3 aliphatic rings. The number of allylic oxidation sites excluding steroid dienone is 2. The molecule has 0 spiro atoms. The van der Waals surface area contributed by atoms with E-state index in [2.05, 4.69) is 15.9 Å². The predicted octanol–water partition coefficient (Wildman–Crippen LogP) is 1.40. The predicted molar refractivity (Wildman–Crippen MR) is 119 cm³/mol. The fourth-order valence-electron chi connectivity index (χ4n) is 5.20. The Morgan fingerprint density at radius 2 is 1.81 bits per heavy atom. The molecule has 0 unspecified atom stereocenters. The van der Waals surface area contributed by atoms with Crippen molar-refractivity contribution in [3.63, 3.8) is 0 Å². The molecule has 3 heterocycles. The number of imide groups is 1. The van der Waals surface area contributed by atoms with E-state index in [-0.39, 0.29) is 24.2 Å². The highest BCUT2D eigenvalue weighted by Crippen LogP contribution is 2.64. The van der Waals surface area contributed by atoms with Crippen LogP contribution in [0.3, 0.4) is 0 Å². The maximum absolute atomic E-state index is 13.5. The first-order valence-corrected chi connectivity index (χ1v) is 11.6. The zero-order valence-electron chi connectivity index (χ0n) is 16.7. The van der Waals surface area contributed by atoms with E-state index in [1.54, 1.807) is 24.3 Å². The average Bonchev–Trinajstić information content (AvgIpc) is 3.07. The molecule has 32 heavy (non-hydrogen) atoms. The number of aromatic hydroxyl groups is 1. The van der Waals surface area contributed by atoms with Gasteiger partial charge in [-0.3, -0.25) is 14.5 Å². The van der Waals surface area contributed by atoms with Crippen LogP contribution in [0.2, 0.25) is 0 Å². The third kappa shape index (κ3) is 2.35. The average molecular weight is 544 g/mol. The Hall–Kier alpha value is -2.30. The van der Waals surface area contributed by atoms with Gasteiger partial charge in [0.25, 0.3) is 11.8 Å². The topological polar surface area (TPSA) is 107 Å². The Bertz CT molecular complexity index is 1350. The number of fused-ring (bicyclic) bond motifs is 4. The fourth-order valence-corrected chi connectivity index (χ4v) is 6.60. The van der Waals surface area contributed by atoms with Crippen molar-refractivity contribution in [1.29, 1.82) is 0 Å². The summed E-state index contributed by atoms with van der Waals surface area (Å²) in [6.45, 7) is 0.0669. The SMILES string of the molecule is Cn1c(=O)n2n(c1=O)[C@@H]1C[C@@]3(Cl)C(=O)N(CBr)C(=O)[C@@]3(Cl)[C@@H](c3ccccc3O)C1=CC2. The molecule has 2 fully saturated rings. The van der Waals surface area contributed by atoms with Gasteiger partial charge in [-0.1, -0.05) is 40.2 Å². The molecule has 1 saturated carbocycles. The number of phenols is 1. The molecular weight excluding hydrogens is 527 g/mol. The minimum Gasteiger partial charge on any atom is -0.508 e. The summed E-state index contributed by atoms with van der Waals surface area (Å²) in [4.78, 5) is 49.3. The Morgan fingerprint density at radius 1 is 1.12 bits per heavy atom. The fraction of sp³-hybridized carbons (Fsp3) is 0.400. The van der Waals surface area contributed by atoms with Crippen LogP contribution in [0.15, 0.2) is 45.5 Å². The number of aromatic nitrogens is 3. The first-order chi connectivity index (χ1) is 15.1. The van der Waals surface area contributed by atoms with Crippen molar-refractivity contribution < 1.29 is 14.7 Å². The molecule has 1 N–H and O–H groups in total. The van der Waals surface area contributed by atoms with Crippen LogP contribution >= 0.6 is 39.1 Å². The number of hydrogen-bond donors (Lipinski definition) is 1. The molecule has 1 aromatic carbocycles. The standard InChI is InChI=1S/C20H17BrCl2N4O5/c1-24-17(31)26-7-6-10-12(27(26)18(24)32)8-19(22)15(29)25(9-21)16(30)20(19,23)14(10)11-4-2-3-5-13(11)28/h2-6,12,14,28H,7-9H2,1H3/t12-,14-,19-,20+/m1/s1. The number of carbonyl (C=O) groups excluding carboxylic acids is 2. The van der Waals surface area contributed by atoms with Crippen LogP contribution in [0, 0.1) is 0 Å². The highest BCUT2D eigenvalue weighted by molar-refractivity contribution is 9.09. The van der Waals surface area contributed by atoms with Gasteiger partial charge in [0.15, 0.2) is 9.75 Å². The summed E-state index contributed by atoms with van der Waals surface area (Å²) in [5.41, 5.74) is -0.338. The van der Waals surface area contributed by atoms with E-state index in [4.69, 9.17) is 23.2 Å². The maximum atomic E-state index is 13.5. The summed E-state index contributed by atoms with van der Waals surface area (Å²) < 4.78 is 3.50. The van der Waals surface area contributed by atoms with E-state index in [9.17, 15) is 24.3 Å². The number of benzene rings is 1. The summed E-state index contributed by atoms with van der Waals surface area (Å²) in [5.74, 6) is -2.52. The molecule has 12 heteroatoms. The van der Waals surface area contributed by atoms with Crippen molar-refractivity contribution in [1.82, 2.24) is 18.8 Å². The largest absolute Gasteiger partial charge is 0.508 e. The molecule has 1 aliphatic carbocycles. The number of phenolic OH excluding ortho intramolecular Hbond substituents is 1. The van der Waals surface area contributed by atoms with E-state index >= 15 is 0 Å². The van der Waals surface area contributed by atoms with E-state index in [0.29, 0.717) is 11.1 Å². The molecule has 9 nitrogen and oxygen atoms in total. The zero-order valence-corrected chi connectivity index (χ0v) is 19.8. The minimum absolute atomic E-state index is 0.0669. The summed E-state index contributed by atoms with van der Waals surface area (Å²) >= 11 is 17.1. The van der Waals surface area contributed by atoms with Gasteiger partial charge in [-0.25, -0.2) is 23.5 Å². The normalized spacial score (nSPS) is 31.2. The van der Waals surface area contributed by atoms with Crippen molar-refractivity contribution in [2.75, 3.05) is 5.45 Å². The second kappa shape index (κ2) is 6.85. The number of halogens is 3. The molecule has 4 atom stereocenters. The summed E-state index contributed by atoms with van der Waals surface area (Å²) in [6.07, 6.45) is 1.54. The van der Waals surface area contributed by atoms with Crippen LogP contribution in [-0.4, -0.2) is 51.0 Å². The van der Waals surface area contributed by atoms with Gasteiger partial charge in [0.05, 0.1) is 18.0 Å². The summed E-state index contributed by atoms with van der Waals surface area (Å²) in [6, 6.07) is 5.54. The van der Waals surface area contributed by atoms with Gasteiger partial charge < -0.3 is 5.11 Å². The van der Waals surface area contributed by atoms with Gasteiger partial charge in [-0.2, -0.15) is 0 Å². The van der Waals surface area contributed by atoms with Gasteiger partial charge in [0.2, 0.25) is 0 Å². The van der Waals surface area contributed by atoms with Gasteiger partial charge in [-0.05, 0) is 11.6 Å². The van der Waals surface area contributed by atoms with Crippen molar-refractivity contribution in [3.05, 3.63) is 62.4 Å². The van der Waals surface area contributed by atoms with Gasteiger partial charge in [0, 0.05) is 24.9 Å². The Labute approximate surface area is 199 Å². The molecule has 1 aromatic heterocycles. The maximum Gasteiger partial charge on any atom is 0.347 e. The number of para-hydroxylation sites is 1. The summed E-state index contributed by atoms with van der Waals surface area (Å²) in [5, 5.41) is 10.7. The molecule has 2 aromatic rings. The Morgan fingerprint density at radius 3 is 2.47 bits per heavy atom. The lowest BCUT2D eigenvalue weighted by Crippen LogP contribution is -2.59. The molecular formula is C20H17BrCl2N4O5. The lowest BCUT2D eigenvalue weighted by molar-refractivity contribution is -0.138. The van der Waals surface area contributed by atoms with Crippen LogP contribution in [0.1, 0.15) is 23.9 Å². The first-order valence-electron chi connectivity index (χ1n) is 9.76. The zero-order chi connectivity index (χ0) is 23.2. The van der Waals surface area contributed by atoms with Crippen LogP contribution in [0.25, 0.3) is 0 Å². The molecule has 2 aliphatic heterocycles. The van der Waals surface area contributed by atoms with E-state index in [1.165, 1.54) is 22.5 Å². The molecule has 2 amide bonds. The van der Waals surface area contributed by atoms with Crippen molar-refractivity contribution in [2.24, 2.45) is 7.05 Å². The number of hydrogen-bond acceptors (Lipinski definition) is 5. The van der Waals surface area contributed by atoms with Gasteiger partial charge >= 0.3 is 11.4 Å². The second-order valence-corrected chi connectivity index (χ2v) is 9.88. The van der Waals surface area contributed by atoms with Crippen LogP contribution in [0.5, 0.6) is 5.75 Å². The summed E-state index contributed by atoms with van der Waals surface area (Å²) in [7, 11) is 1.37. The molecule has 0 bridgehead atoms. The number of amides is 2.